The summed E-state index contributed by atoms with van der Waals surface area (Å²) in [5.74, 6) is 4.16. The predicted octanol–water partition coefficient (Wildman–Crippen LogP) is 1.07. The Morgan fingerprint density at radius 1 is 1.33 bits per heavy atom. The third-order valence-corrected chi connectivity index (χ3v) is 1.40. The lowest BCUT2D eigenvalue weighted by molar-refractivity contribution is -0.145. The first kappa shape index (κ1) is 11.5. The van der Waals surface area contributed by atoms with E-state index in [2.05, 4.69) is 27.1 Å². The lowest BCUT2D eigenvalue weighted by atomic mass is 10.3. The van der Waals surface area contributed by atoms with Gasteiger partial charge in [-0.05, 0) is 7.05 Å². The summed E-state index contributed by atoms with van der Waals surface area (Å²) in [6.07, 6.45) is -2.39. The predicted molar refractivity (Wildman–Crippen MR) is 47.8 cm³/mol. The van der Waals surface area contributed by atoms with Crippen molar-refractivity contribution in [1.29, 1.82) is 0 Å². The molecule has 0 aliphatic rings. The molecule has 1 rings (SSSR count). The molecule has 1 N–H and O–H groups in total. The fourth-order valence-electron chi connectivity index (χ4n) is 0.774. The molecule has 3 nitrogen and oxygen atoms in total. The van der Waals surface area contributed by atoms with Gasteiger partial charge in [-0.2, -0.15) is 13.2 Å². The zero-order valence-corrected chi connectivity index (χ0v) is 7.89. The number of nitrogens with one attached hydrogen (secondary N) is 1. The Morgan fingerprint density at radius 2 is 1.93 bits per heavy atom. The molecule has 0 radical (unpaired) electrons. The van der Waals surface area contributed by atoms with Crippen LogP contribution >= 0.6 is 0 Å². The first-order valence-corrected chi connectivity index (χ1v) is 4.07. The molecule has 0 aliphatic carbocycles. The molecule has 0 saturated heterocycles. The molecule has 0 spiro atoms. The van der Waals surface area contributed by atoms with Crippen LogP contribution in [-0.4, -0.2) is 23.6 Å². The van der Waals surface area contributed by atoms with Gasteiger partial charge in [-0.15, -0.1) is 0 Å². The van der Waals surface area contributed by atoms with Crippen molar-refractivity contribution in [3.63, 3.8) is 0 Å². The van der Waals surface area contributed by atoms with Crippen molar-refractivity contribution in [3.05, 3.63) is 23.8 Å². The maximum absolute atomic E-state index is 12.1. The van der Waals surface area contributed by atoms with Crippen LogP contribution in [-0.2, 0) is 6.18 Å². The SMILES string of the molecule is CNCC#Cc1cnc(C(F)(F)F)nc1. The van der Waals surface area contributed by atoms with Crippen LogP contribution in [0.4, 0.5) is 13.2 Å². The third-order valence-electron chi connectivity index (χ3n) is 1.40. The van der Waals surface area contributed by atoms with Gasteiger partial charge < -0.3 is 5.32 Å². The van der Waals surface area contributed by atoms with E-state index in [1.165, 1.54) is 0 Å². The Balaban J connectivity index is 2.79. The lowest BCUT2D eigenvalue weighted by Crippen LogP contribution is -2.10. The van der Waals surface area contributed by atoms with Crippen molar-refractivity contribution in [1.82, 2.24) is 15.3 Å². The Hall–Kier alpha value is -1.61. The molecular formula is C9H8F3N3. The van der Waals surface area contributed by atoms with Crippen molar-refractivity contribution in [2.75, 3.05) is 13.6 Å². The topological polar surface area (TPSA) is 37.8 Å². The van der Waals surface area contributed by atoms with E-state index in [9.17, 15) is 13.2 Å². The summed E-state index contributed by atoms with van der Waals surface area (Å²) in [4.78, 5) is 6.34. The molecule has 15 heavy (non-hydrogen) atoms. The van der Waals surface area contributed by atoms with Crippen molar-refractivity contribution >= 4 is 0 Å². The second kappa shape index (κ2) is 4.75. The number of hydrogen-bond acceptors (Lipinski definition) is 3. The highest BCUT2D eigenvalue weighted by Crippen LogP contribution is 2.25. The Bertz CT molecular complexity index is 372. The quantitative estimate of drug-likeness (QED) is 0.712. The number of rotatable bonds is 1. The fourth-order valence-corrected chi connectivity index (χ4v) is 0.774. The molecule has 0 saturated carbocycles. The van der Waals surface area contributed by atoms with Gasteiger partial charge in [-0.1, -0.05) is 11.8 Å². The van der Waals surface area contributed by atoms with E-state index in [1.54, 1.807) is 7.05 Å². The smallest absolute Gasteiger partial charge is 0.309 e. The molecule has 1 heterocycles. The first-order valence-electron chi connectivity index (χ1n) is 4.07. The van der Waals surface area contributed by atoms with Gasteiger partial charge in [0, 0.05) is 12.4 Å². The maximum Gasteiger partial charge on any atom is 0.451 e. The summed E-state index contributed by atoms with van der Waals surface area (Å²) in [5.41, 5.74) is 0.359. The highest BCUT2D eigenvalue weighted by Gasteiger charge is 2.34. The molecule has 0 aliphatic heterocycles. The number of aromatic nitrogens is 2. The van der Waals surface area contributed by atoms with Gasteiger partial charge in [0.1, 0.15) is 0 Å². The Kier molecular flexibility index (Phi) is 3.63. The van der Waals surface area contributed by atoms with E-state index in [0.717, 1.165) is 12.4 Å². The van der Waals surface area contributed by atoms with E-state index in [-0.39, 0.29) is 0 Å². The van der Waals surface area contributed by atoms with Crippen LogP contribution in [0.5, 0.6) is 0 Å². The number of nitrogens with zero attached hydrogens (tertiary/aromatic N) is 2. The second-order valence-corrected chi connectivity index (χ2v) is 2.63. The van der Waals surface area contributed by atoms with Crippen molar-refractivity contribution in [3.8, 4) is 11.8 Å². The van der Waals surface area contributed by atoms with Gasteiger partial charge in [0.15, 0.2) is 0 Å². The maximum atomic E-state index is 12.1. The van der Waals surface area contributed by atoms with E-state index < -0.39 is 12.0 Å². The van der Waals surface area contributed by atoms with Crippen molar-refractivity contribution < 1.29 is 13.2 Å². The van der Waals surface area contributed by atoms with Gasteiger partial charge in [0.05, 0.1) is 12.1 Å². The molecule has 0 atom stereocenters. The minimum absolute atomic E-state index is 0.359. The molecule has 0 aromatic carbocycles. The Morgan fingerprint density at radius 3 is 2.40 bits per heavy atom. The van der Waals surface area contributed by atoms with Crippen LogP contribution in [0.15, 0.2) is 12.4 Å². The van der Waals surface area contributed by atoms with E-state index >= 15 is 0 Å². The molecule has 1 aromatic heterocycles. The van der Waals surface area contributed by atoms with Crippen LogP contribution in [0.2, 0.25) is 0 Å². The van der Waals surface area contributed by atoms with Crippen LogP contribution < -0.4 is 5.32 Å². The van der Waals surface area contributed by atoms with Crippen molar-refractivity contribution in [2.24, 2.45) is 0 Å². The Labute approximate surface area is 84.7 Å². The largest absolute Gasteiger partial charge is 0.451 e. The van der Waals surface area contributed by atoms with Gasteiger partial charge in [-0.3, -0.25) is 0 Å². The van der Waals surface area contributed by atoms with Gasteiger partial charge in [0.2, 0.25) is 5.82 Å². The monoisotopic (exact) mass is 215 g/mol. The zero-order valence-electron chi connectivity index (χ0n) is 7.89. The third kappa shape index (κ3) is 3.56. The van der Waals surface area contributed by atoms with Crippen LogP contribution in [0.25, 0.3) is 0 Å². The highest BCUT2D eigenvalue weighted by atomic mass is 19.4. The first-order chi connectivity index (χ1) is 7.04. The van der Waals surface area contributed by atoms with E-state index in [4.69, 9.17) is 0 Å². The van der Waals surface area contributed by atoms with Gasteiger partial charge in [-0.25, -0.2) is 9.97 Å². The molecule has 6 heteroatoms. The molecule has 0 bridgehead atoms. The lowest BCUT2D eigenvalue weighted by Gasteiger charge is -2.02. The molecule has 0 unspecified atom stereocenters. The minimum atomic E-state index is -4.50. The minimum Gasteiger partial charge on any atom is -0.309 e. The van der Waals surface area contributed by atoms with Crippen LogP contribution in [0.3, 0.4) is 0 Å². The summed E-state index contributed by atoms with van der Waals surface area (Å²) >= 11 is 0. The summed E-state index contributed by atoms with van der Waals surface area (Å²) in [5, 5.41) is 2.78. The second-order valence-electron chi connectivity index (χ2n) is 2.63. The molecule has 80 valence electrons. The van der Waals surface area contributed by atoms with Crippen LogP contribution in [0.1, 0.15) is 11.4 Å². The average molecular weight is 215 g/mol. The number of halogens is 3. The van der Waals surface area contributed by atoms with Crippen molar-refractivity contribution in [2.45, 2.75) is 6.18 Å². The average Bonchev–Trinajstić information content (AvgIpc) is 2.18. The molecular weight excluding hydrogens is 207 g/mol. The zero-order chi connectivity index (χ0) is 11.3. The molecule has 0 fully saturated rings. The molecule has 0 amide bonds. The number of alkyl halides is 3. The summed E-state index contributed by atoms with van der Waals surface area (Å²) in [7, 11) is 1.72. The summed E-state index contributed by atoms with van der Waals surface area (Å²) in [6, 6.07) is 0. The number of hydrogen-bond donors (Lipinski definition) is 1. The fraction of sp³-hybridized carbons (Fsp3) is 0.333. The highest BCUT2D eigenvalue weighted by molar-refractivity contribution is 5.29. The van der Waals surface area contributed by atoms with Gasteiger partial charge in [0.25, 0.3) is 0 Å². The summed E-state index contributed by atoms with van der Waals surface area (Å²) < 4.78 is 36.2. The molecule has 1 aromatic rings. The van der Waals surface area contributed by atoms with E-state index in [1.807, 2.05) is 0 Å². The van der Waals surface area contributed by atoms with Crippen LogP contribution in [0, 0.1) is 11.8 Å². The summed E-state index contributed by atoms with van der Waals surface area (Å²) in [6.45, 7) is 0.459. The van der Waals surface area contributed by atoms with Gasteiger partial charge >= 0.3 is 6.18 Å². The normalized spacial score (nSPS) is 10.7. The van der Waals surface area contributed by atoms with E-state index in [0.29, 0.717) is 12.1 Å². The standard InChI is InChI=1S/C9H8F3N3/c1-13-4-2-3-7-5-14-8(15-6-7)9(10,11)12/h5-6,13H,4H2,1H3.